The molecule has 5 nitrogen and oxygen atoms in total. The second kappa shape index (κ2) is 6.00. The van der Waals surface area contributed by atoms with Crippen molar-refractivity contribution in [3.05, 3.63) is 12.3 Å². The van der Waals surface area contributed by atoms with Crippen LogP contribution < -0.4 is 15.5 Å². The van der Waals surface area contributed by atoms with Crippen LogP contribution >= 0.6 is 0 Å². The van der Waals surface area contributed by atoms with Gasteiger partial charge >= 0.3 is 0 Å². The summed E-state index contributed by atoms with van der Waals surface area (Å²) in [5, 5.41) is 0. The molecule has 1 rings (SSSR count). The summed E-state index contributed by atoms with van der Waals surface area (Å²) in [5.41, 5.74) is 5.88. The number of rotatable bonds is 6. The van der Waals surface area contributed by atoms with E-state index in [1.807, 2.05) is 25.1 Å². The van der Waals surface area contributed by atoms with E-state index < -0.39 is 0 Å². The Morgan fingerprint density at radius 2 is 2.00 bits per heavy atom. The number of hydrogen-bond acceptors (Lipinski definition) is 5. The lowest BCUT2D eigenvalue weighted by Gasteiger charge is -2.32. The van der Waals surface area contributed by atoms with Crippen LogP contribution in [0.15, 0.2) is 12.3 Å². The summed E-state index contributed by atoms with van der Waals surface area (Å²) in [7, 11) is 3.89. The van der Waals surface area contributed by atoms with Gasteiger partial charge in [-0.15, -0.1) is 0 Å². The Morgan fingerprint density at radius 1 is 1.33 bits per heavy atom. The van der Waals surface area contributed by atoms with Crippen molar-refractivity contribution < 1.29 is 0 Å². The van der Waals surface area contributed by atoms with E-state index in [-0.39, 0.29) is 5.41 Å². The van der Waals surface area contributed by atoms with Crippen LogP contribution in [-0.4, -0.2) is 43.7 Å². The molecule has 0 radical (unpaired) electrons. The number of nitrogens with zero attached hydrogens (tertiary/aromatic N) is 4. The van der Waals surface area contributed by atoms with Gasteiger partial charge in [0.15, 0.2) is 0 Å². The highest BCUT2D eigenvalue weighted by atomic mass is 15.3. The fourth-order valence-corrected chi connectivity index (χ4v) is 1.67. The van der Waals surface area contributed by atoms with Gasteiger partial charge in [0.25, 0.3) is 0 Å². The first-order valence-electron chi connectivity index (χ1n) is 6.35. The molecule has 0 aliphatic carbocycles. The molecule has 1 heterocycles. The van der Waals surface area contributed by atoms with Gasteiger partial charge in [-0.1, -0.05) is 13.8 Å². The van der Waals surface area contributed by atoms with E-state index in [1.165, 1.54) is 0 Å². The van der Waals surface area contributed by atoms with Crippen LogP contribution in [0.1, 0.15) is 20.8 Å². The smallest absolute Gasteiger partial charge is 0.226 e. The third kappa shape index (κ3) is 3.84. The third-order valence-electron chi connectivity index (χ3n) is 2.91. The summed E-state index contributed by atoms with van der Waals surface area (Å²) in [5.74, 6) is 1.69. The molecular formula is C13H25N5. The molecule has 102 valence electrons. The number of aromatic nitrogens is 2. The minimum atomic E-state index is 0.0826. The molecule has 0 aliphatic heterocycles. The Bertz CT molecular complexity index is 375. The molecule has 0 aliphatic rings. The fourth-order valence-electron chi connectivity index (χ4n) is 1.67. The van der Waals surface area contributed by atoms with Gasteiger partial charge in [0.05, 0.1) is 0 Å². The van der Waals surface area contributed by atoms with E-state index in [2.05, 4.69) is 35.6 Å². The molecule has 18 heavy (non-hydrogen) atoms. The first kappa shape index (κ1) is 14.7. The summed E-state index contributed by atoms with van der Waals surface area (Å²) in [6.07, 6.45) is 1.80. The van der Waals surface area contributed by atoms with Crippen molar-refractivity contribution >= 4 is 11.8 Å². The molecule has 2 N–H and O–H groups in total. The minimum Gasteiger partial charge on any atom is -0.356 e. The molecule has 0 atom stereocenters. The molecule has 5 heteroatoms. The van der Waals surface area contributed by atoms with Crippen LogP contribution in [0.25, 0.3) is 0 Å². The maximum Gasteiger partial charge on any atom is 0.226 e. The second-order valence-electron chi connectivity index (χ2n) is 5.49. The molecule has 0 fully saturated rings. The zero-order chi connectivity index (χ0) is 13.8. The van der Waals surface area contributed by atoms with Crippen molar-refractivity contribution in [3.63, 3.8) is 0 Å². The molecule has 0 bridgehead atoms. The Labute approximate surface area is 110 Å². The van der Waals surface area contributed by atoms with E-state index in [4.69, 9.17) is 5.73 Å². The van der Waals surface area contributed by atoms with Crippen LogP contribution in [0.4, 0.5) is 11.8 Å². The lowest BCUT2D eigenvalue weighted by atomic mass is 9.93. The Hall–Kier alpha value is -1.36. The van der Waals surface area contributed by atoms with Crippen molar-refractivity contribution in [1.82, 2.24) is 9.97 Å². The summed E-state index contributed by atoms with van der Waals surface area (Å²) >= 11 is 0. The maximum atomic E-state index is 5.80. The summed E-state index contributed by atoms with van der Waals surface area (Å²) < 4.78 is 0. The zero-order valence-electron chi connectivity index (χ0n) is 12.1. The predicted molar refractivity (Wildman–Crippen MR) is 77.1 cm³/mol. The average molecular weight is 251 g/mol. The molecule has 1 aromatic heterocycles. The van der Waals surface area contributed by atoms with Gasteiger partial charge in [0.2, 0.25) is 5.95 Å². The lowest BCUT2D eigenvalue weighted by Crippen LogP contribution is -2.39. The SMILES string of the molecule is CCN(CC(C)(C)CN)c1ccnc(N(C)C)n1. The van der Waals surface area contributed by atoms with Crippen molar-refractivity contribution in [2.45, 2.75) is 20.8 Å². The summed E-state index contributed by atoms with van der Waals surface area (Å²) in [6.45, 7) is 8.93. The molecular weight excluding hydrogens is 226 g/mol. The first-order valence-corrected chi connectivity index (χ1v) is 6.35. The molecule has 0 saturated carbocycles. The van der Waals surface area contributed by atoms with Crippen molar-refractivity contribution in [3.8, 4) is 0 Å². The summed E-state index contributed by atoms with van der Waals surface area (Å²) in [4.78, 5) is 12.9. The Kier molecular flexibility index (Phi) is 4.90. The van der Waals surface area contributed by atoms with Crippen molar-refractivity contribution in [2.75, 3.05) is 43.5 Å². The van der Waals surface area contributed by atoms with E-state index in [0.717, 1.165) is 24.9 Å². The largest absolute Gasteiger partial charge is 0.356 e. The lowest BCUT2D eigenvalue weighted by molar-refractivity contribution is 0.378. The molecule has 0 amide bonds. The first-order chi connectivity index (χ1) is 8.39. The minimum absolute atomic E-state index is 0.0826. The zero-order valence-corrected chi connectivity index (χ0v) is 12.1. The molecule has 0 saturated heterocycles. The van der Waals surface area contributed by atoms with Crippen LogP contribution in [0, 0.1) is 5.41 Å². The Morgan fingerprint density at radius 3 is 2.50 bits per heavy atom. The number of hydrogen-bond donors (Lipinski definition) is 1. The van der Waals surface area contributed by atoms with Crippen LogP contribution in [-0.2, 0) is 0 Å². The average Bonchev–Trinajstić information content (AvgIpc) is 2.36. The normalized spacial score (nSPS) is 11.4. The topological polar surface area (TPSA) is 58.3 Å². The van der Waals surface area contributed by atoms with Crippen molar-refractivity contribution in [1.29, 1.82) is 0 Å². The van der Waals surface area contributed by atoms with Gasteiger partial charge in [0, 0.05) is 33.4 Å². The monoisotopic (exact) mass is 251 g/mol. The van der Waals surface area contributed by atoms with Gasteiger partial charge in [-0.25, -0.2) is 4.98 Å². The van der Waals surface area contributed by atoms with Gasteiger partial charge in [0.1, 0.15) is 5.82 Å². The predicted octanol–water partition coefficient (Wildman–Crippen LogP) is 1.35. The van der Waals surface area contributed by atoms with Gasteiger partial charge < -0.3 is 15.5 Å². The quantitative estimate of drug-likeness (QED) is 0.827. The molecule has 1 aromatic rings. The van der Waals surface area contributed by atoms with E-state index >= 15 is 0 Å². The number of anilines is 2. The van der Waals surface area contributed by atoms with Gasteiger partial charge in [-0.05, 0) is 24.9 Å². The second-order valence-corrected chi connectivity index (χ2v) is 5.49. The van der Waals surface area contributed by atoms with Crippen molar-refractivity contribution in [2.24, 2.45) is 11.1 Å². The standard InChI is InChI=1S/C13H25N5/c1-6-18(10-13(2,3)9-14)11-7-8-15-12(16-11)17(4)5/h7-8H,6,9-10,14H2,1-5H3. The van der Waals surface area contributed by atoms with E-state index in [0.29, 0.717) is 6.54 Å². The third-order valence-corrected chi connectivity index (χ3v) is 2.91. The molecule has 0 unspecified atom stereocenters. The maximum absolute atomic E-state index is 5.80. The van der Waals surface area contributed by atoms with Crippen LogP contribution in [0.2, 0.25) is 0 Å². The van der Waals surface area contributed by atoms with E-state index in [9.17, 15) is 0 Å². The Balaban J connectivity index is 2.91. The molecule has 0 aromatic carbocycles. The van der Waals surface area contributed by atoms with Crippen LogP contribution in [0.5, 0.6) is 0 Å². The van der Waals surface area contributed by atoms with E-state index in [1.54, 1.807) is 6.20 Å². The highest BCUT2D eigenvalue weighted by Gasteiger charge is 2.20. The fraction of sp³-hybridized carbons (Fsp3) is 0.692. The van der Waals surface area contributed by atoms with Gasteiger partial charge in [-0.2, -0.15) is 4.98 Å². The van der Waals surface area contributed by atoms with Gasteiger partial charge in [-0.3, -0.25) is 0 Å². The molecule has 0 spiro atoms. The van der Waals surface area contributed by atoms with Crippen LogP contribution in [0.3, 0.4) is 0 Å². The highest BCUT2D eigenvalue weighted by Crippen LogP contribution is 2.20. The number of nitrogens with two attached hydrogens (primary N) is 1. The highest BCUT2D eigenvalue weighted by molar-refractivity contribution is 5.43. The summed E-state index contributed by atoms with van der Waals surface area (Å²) in [6, 6.07) is 1.95.